The Morgan fingerprint density at radius 1 is 1.33 bits per heavy atom. The molecule has 1 aliphatic rings. The summed E-state index contributed by atoms with van der Waals surface area (Å²) < 4.78 is 27.2. The van der Waals surface area contributed by atoms with Gasteiger partial charge in [-0.15, -0.1) is 11.6 Å². The van der Waals surface area contributed by atoms with Crippen molar-refractivity contribution in [2.24, 2.45) is 5.92 Å². The van der Waals surface area contributed by atoms with E-state index in [0.29, 0.717) is 31.3 Å². The van der Waals surface area contributed by atoms with Gasteiger partial charge in [-0.05, 0) is 32.4 Å². The van der Waals surface area contributed by atoms with E-state index in [1.54, 1.807) is 14.1 Å². The van der Waals surface area contributed by atoms with Crippen LogP contribution >= 0.6 is 11.6 Å². The van der Waals surface area contributed by atoms with E-state index in [9.17, 15) is 8.42 Å². The van der Waals surface area contributed by atoms with Crippen molar-refractivity contribution < 1.29 is 8.42 Å². The lowest BCUT2D eigenvalue weighted by Crippen LogP contribution is -2.42. The highest BCUT2D eigenvalue weighted by atomic mass is 35.5. The Bertz CT molecular complexity index is 350. The van der Waals surface area contributed by atoms with Crippen molar-refractivity contribution in [3.8, 4) is 0 Å². The first-order valence-electron chi connectivity index (χ1n) is 6.30. The first kappa shape index (κ1) is 16.2. The molecular formula is C11H24ClN3O2S. The van der Waals surface area contributed by atoms with Crippen molar-refractivity contribution in [1.82, 2.24) is 13.5 Å². The average molecular weight is 298 g/mol. The van der Waals surface area contributed by atoms with Crippen LogP contribution in [0.3, 0.4) is 0 Å². The first-order chi connectivity index (χ1) is 8.37. The van der Waals surface area contributed by atoms with Crippen molar-refractivity contribution in [1.29, 1.82) is 0 Å². The lowest BCUT2D eigenvalue weighted by molar-refractivity contribution is 0.336. The molecule has 1 unspecified atom stereocenters. The van der Waals surface area contributed by atoms with Gasteiger partial charge >= 0.3 is 0 Å². The fourth-order valence-electron chi connectivity index (χ4n) is 2.27. The van der Waals surface area contributed by atoms with E-state index in [-0.39, 0.29) is 0 Å². The fraction of sp³-hybridized carbons (Fsp3) is 1.00. The van der Waals surface area contributed by atoms with E-state index in [2.05, 4.69) is 11.9 Å². The SMILES string of the molecule is CN1CCC(CN(C)S(=O)(=O)N(C)CCCCl)C1. The van der Waals surface area contributed by atoms with Gasteiger partial charge in [0.25, 0.3) is 10.2 Å². The average Bonchev–Trinajstić information content (AvgIpc) is 2.71. The van der Waals surface area contributed by atoms with Crippen LogP contribution in [-0.2, 0) is 10.2 Å². The van der Waals surface area contributed by atoms with Crippen LogP contribution < -0.4 is 0 Å². The van der Waals surface area contributed by atoms with Crippen LogP contribution in [0.15, 0.2) is 0 Å². The number of rotatable bonds is 7. The van der Waals surface area contributed by atoms with E-state index in [1.165, 1.54) is 8.61 Å². The number of hydrogen-bond donors (Lipinski definition) is 0. The lowest BCUT2D eigenvalue weighted by Gasteiger charge is -2.26. The van der Waals surface area contributed by atoms with Gasteiger partial charge in [0.05, 0.1) is 0 Å². The molecule has 7 heteroatoms. The lowest BCUT2D eigenvalue weighted by atomic mass is 10.1. The maximum atomic E-state index is 12.2. The van der Waals surface area contributed by atoms with Crippen molar-refractivity contribution in [3.63, 3.8) is 0 Å². The Hall–Kier alpha value is 0.120. The predicted molar refractivity (Wildman–Crippen MR) is 75.1 cm³/mol. The molecular weight excluding hydrogens is 274 g/mol. The summed E-state index contributed by atoms with van der Waals surface area (Å²) in [4.78, 5) is 2.24. The molecule has 0 bridgehead atoms. The molecule has 5 nitrogen and oxygen atoms in total. The summed E-state index contributed by atoms with van der Waals surface area (Å²) >= 11 is 5.59. The number of nitrogens with zero attached hydrogens (tertiary/aromatic N) is 3. The van der Waals surface area contributed by atoms with Crippen LogP contribution in [0, 0.1) is 5.92 Å². The van der Waals surface area contributed by atoms with E-state index in [1.807, 2.05) is 0 Å². The third-order valence-corrected chi connectivity index (χ3v) is 5.57. The number of halogens is 1. The number of likely N-dealkylation sites (tertiary alicyclic amines) is 1. The molecule has 1 aliphatic heterocycles. The summed E-state index contributed by atoms with van der Waals surface area (Å²) in [6.45, 7) is 3.10. The Kier molecular flexibility index (Phi) is 6.34. The second kappa shape index (κ2) is 7.05. The highest BCUT2D eigenvalue weighted by Gasteiger charge is 2.28. The topological polar surface area (TPSA) is 43.9 Å². The zero-order valence-corrected chi connectivity index (χ0v) is 13.0. The predicted octanol–water partition coefficient (Wildman–Crippen LogP) is 0.675. The Morgan fingerprint density at radius 2 is 2.00 bits per heavy atom. The van der Waals surface area contributed by atoms with E-state index in [0.717, 1.165) is 19.5 Å². The second-order valence-electron chi connectivity index (χ2n) is 5.07. The van der Waals surface area contributed by atoms with Gasteiger partial charge in [-0.25, -0.2) is 0 Å². The highest BCUT2D eigenvalue weighted by molar-refractivity contribution is 7.86. The molecule has 0 amide bonds. The Labute approximate surface area is 116 Å². The zero-order chi connectivity index (χ0) is 13.8. The summed E-state index contributed by atoms with van der Waals surface area (Å²) in [5, 5.41) is 0. The van der Waals surface area contributed by atoms with E-state index in [4.69, 9.17) is 11.6 Å². The Balaban J connectivity index is 2.50. The van der Waals surface area contributed by atoms with Crippen LogP contribution in [0.1, 0.15) is 12.8 Å². The standard InChI is InChI=1S/C11H24ClN3O2S/c1-13-8-5-11(9-13)10-15(3)18(16,17)14(2)7-4-6-12/h11H,4-10H2,1-3H3. The molecule has 0 radical (unpaired) electrons. The number of alkyl halides is 1. The monoisotopic (exact) mass is 297 g/mol. The fourth-order valence-corrected chi connectivity index (χ4v) is 3.62. The van der Waals surface area contributed by atoms with Gasteiger partial charge in [-0.2, -0.15) is 17.0 Å². The maximum absolute atomic E-state index is 12.2. The smallest absolute Gasteiger partial charge is 0.281 e. The molecule has 0 N–H and O–H groups in total. The van der Waals surface area contributed by atoms with Gasteiger partial charge in [-0.1, -0.05) is 0 Å². The van der Waals surface area contributed by atoms with Gasteiger partial charge in [0, 0.05) is 39.6 Å². The van der Waals surface area contributed by atoms with Gasteiger partial charge in [0.2, 0.25) is 0 Å². The van der Waals surface area contributed by atoms with Crippen LogP contribution in [-0.4, -0.2) is 75.1 Å². The Morgan fingerprint density at radius 3 is 2.50 bits per heavy atom. The van der Waals surface area contributed by atoms with E-state index < -0.39 is 10.2 Å². The minimum Gasteiger partial charge on any atom is -0.306 e. The van der Waals surface area contributed by atoms with Crippen LogP contribution in [0.25, 0.3) is 0 Å². The van der Waals surface area contributed by atoms with Crippen LogP contribution in [0.4, 0.5) is 0 Å². The van der Waals surface area contributed by atoms with E-state index >= 15 is 0 Å². The van der Waals surface area contributed by atoms with Crippen molar-refractivity contribution in [3.05, 3.63) is 0 Å². The molecule has 1 saturated heterocycles. The molecule has 0 spiro atoms. The summed E-state index contributed by atoms with van der Waals surface area (Å²) in [5.41, 5.74) is 0. The van der Waals surface area contributed by atoms with Crippen LogP contribution in [0.2, 0.25) is 0 Å². The molecule has 0 aliphatic carbocycles. The molecule has 1 atom stereocenters. The molecule has 1 heterocycles. The summed E-state index contributed by atoms with van der Waals surface area (Å²) in [7, 11) is 2.01. The molecule has 1 fully saturated rings. The third-order valence-electron chi connectivity index (χ3n) is 3.40. The van der Waals surface area contributed by atoms with Gasteiger partial charge < -0.3 is 4.90 Å². The molecule has 0 saturated carbocycles. The van der Waals surface area contributed by atoms with Gasteiger partial charge in [0.15, 0.2) is 0 Å². The summed E-state index contributed by atoms with van der Waals surface area (Å²) in [6.07, 6.45) is 1.75. The van der Waals surface area contributed by atoms with Crippen molar-refractivity contribution >= 4 is 21.8 Å². The van der Waals surface area contributed by atoms with Crippen LogP contribution in [0.5, 0.6) is 0 Å². The molecule has 1 rings (SSSR count). The molecule has 108 valence electrons. The number of hydrogen-bond acceptors (Lipinski definition) is 3. The highest BCUT2D eigenvalue weighted by Crippen LogP contribution is 2.17. The zero-order valence-electron chi connectivity index (χ0n) is 11.5. The summed E-state index contributed by atoms with van der Waals surface area (Å²) in [6, 6.07) is 0. The quantitative estimate of drug-likeness (QED) is 0.649. The van der Waals surface area contributed by atoms with Crippen molar-refractivity contribution in [2.45, 2.75) is 12.8 Å². The summed E-state index contributed by atoms with van der Waals surface area (Å²) in [5.74, 6) is 0.924. The van der Waals surface area contributed by atoms with Crippen molar-refractivity contribution in [2.75, 3.05) is 53.2 Å². The molecule has 18 heavy (non-hydrogen) atoms. The first-order valence-corrected chi connectivity index (χ1v) is 8.23. The minimum absolute atomic E-state index is 0.441. The second-order valence-corrected chi connectivity index (χ2v) is 7.59. The largest absolute Gasteiger partial charge is 0.306 e. The van der Waals surface area contributed by atoms with Gasteiger partial charge in [-0.3, -0.25) is 0 Å². The normalized spacial score (nSPS) is 22.2. The third kappa shape index (κ3) is 4.35. The molecule has 0 aromatic carbocycles. The minimum atomic E-state index is -3.33. The molecule has 0 aromatic rings. The molecule has 0 aromatic heterocycles. The maximum Gasteiger partial charge on any atom is 0.281 e. The van der Waals surface area contributed by atoms with Gasteiger partial charge in [0.1, 0.15) is 0 Å².